The molecule has 1 aromatic carbocycles. The average Bonchev–Trinajstić information content (AvgIpc) is 2.79. The van der Waals surface area contributed by atoms with Crippen LogP contribution in [-0.4, -0.2) is 16.0 Å². The van der Waals surface area contributed by atoms with Gasteiger partial charge < -0.3 is 0 Å². The van der Waals surface area contributed by atoms with E-state index in [0.29, 0.717) is 17.0 Å². The smallest absolute Gasteiger partial charge is 0.234 e. The molecule has 1 aromatic heterocycles. The van der Waals surface area contributed by atoms with E-state index in [1.54, 1.807) is 6.26 Å². The van der Waals surface area contributed by atoms with Gasteiger partial charge in [-0.2, -0.15) is 23.5 Å². The minimum atomic E-state index is -4.70. The maximum absolute atomic E-state index is 13.9. The summed E-state index contributed by atoms with van der Waals surface area (Å²) in [4.78, 5) is 0.466. The van der Waals surface area contributed by atoms with E-state index in [9.17, 15) is 17.6 Å². The zero-order valence-corrected chi connectivity index (χ0v) is 11.9. The summed E-state index contributed by atoms with van der Waals surface area (Å²) < 4.78 is 52.6. The lowest BCUT2D eigenvalue weighted by molar-refractivity contribution is -0.137. The maximum atomic E-state index is 13.9. The Morgan fingerprint density at radius 1 is 1.38 bits per heavy atom. The van der Waals surface area contributed by atoms with Gasteiger partial charge in [0, 0.05) is 6.20 Å². The fourth-order valence-electron chi connectivity index (χ4n) is 1.65. The van der Waals surface area contributed by atoms with E-state index in [1.165, 1.54) is 18.0 Å². The fourth-order valence-corrected chi connectivity index (χ4v) is 2.43. The van der Waals surface area contributed by atoms with Gasteiger partial charge in [0.05, 0.1) is 15.5 Å². The fraction of sp³-hybridized carbons (Fsp3) is 0.167. The van der Waals surface area contributed by atoms with Crippen LogP contribution in [0.5, 0.6) is 0 Å². The van der Waals surface area contributed by atoms with Crippen molar-refractivity contribution in [2.45, 2.75) is 11.1 Å². The zero-order valence-electron chi connectivity index (χ0n) is 10.4. The first-order valence-corrected chi connectivity index (χ1v) is 6.98. The molecule has 0 aliphatic carbocycles. The first kappa shape index (κ1) is 15.7. The molecule has 2 aromatic rings. The van der Waals surface area contributed by atoms with Crippen molar-refractivity contribution in [2.75, 3.05) is 6.26 Å². The third-order valence-electron chi connectivity index (χ3n) is 2.58. The van der Waals surface area contributed by atoms with Crippen LogP contribution in [0.2, 0.25) is 5.02 Å². The van der Waals surface area contributed by atoms with Gasteiger partial charge in [-0.1, -0.05) is 11.6 Å². The Kier molecular flexibility index (Phi) is 4.16. The highest BCUT2D eigenvalue weighted by molar-refractivity contribution is 7.98. The first-order chi connectivity index (χ1) is 9.77. The van der Waals surface area contributed by atoms with Crippen LogP contribution in [0.3, 0.4) is 0 Å². The van der Waals surface area contributed by atoms with Crippen molar-refractivity contribution in [1.29, 1.82) is 5.26 Å². The summed E-state index contributed by atoms with van der Waals surface area (Å²) in [5.74, 6) is -1.17. The molecule has 110 valence electrons. The first-order valence-electron chi connectivity index (χ1n) is 5.38. The van der Waals surface area contributed by atoms with Crippen molar-refractivity contribution >= 4 is 23.4 Å². The molecule has 0 spiro atoms. The Bertz CT molecular complexity index is 710. The van der Waals surface area contributed by atoms with Gasteiger partial charge in [-0.15, -0.1) is 11.8 Å². The molecule has 0 aliphatic heterocycles. The Morgan fingerprint density at radius 2 is 2.05 bits per heavy atom. The van der Waals surface area contributed by atoms with E-state index in [4.69, 9.17) is 16.9 Å². The van der Waals surface area contributed by atoms with Gasteiger partial charge in [-0.05, 0) is 18.4 Å². The van der Waals surface area contributed by atoms with Crippen molar-refractivity contribution in [3.63, 3.8) is 0 Å². The number of hydrogen-bond acceptors (Lipinski definition) is 3. The van der Waals surface area contributed by atoms with Crippen LogP contribution in [0.4, 0.5) is 17.6 Å². The summed E-state index contributed by atoms with van der Waals surface area (Å²) in [6, 6.07) is 2.77. The Hall–Kier alpha value is -1.72. The van der Waals surface area contributed by atoms with Crippen LogP contribution < -0.4 is 0 Å². The molecule has 0 fully saturated rings. The summed E-state index contributed by atoms with van der Waals surface area (Å²) >= 11 is 6.94. The van der Waals surface area contributed by atoms with E-state index in [2.05, 4.69) is 5.10 Å². The Balaban J connectivity index is 2.61. The Morgan fingerprint density at radius 3 is 2.48 bits per heavy atom. The SMILES string of the molecule is CSc1cn(-c2c(F)cc(C(F)(F)F)cc2Cl)nc1C#N. The van der Waals surface area contributed by atoms with Gasteiger partial charge in [0.25, 0.3) is 0 Å². The summed E-state index contributed by atoms with van der Waals surface area (Å²) in [6.07, 6.45) is -1.68. The average molecular weight is 336 g/mol. The minimum Gasteiger partial charge on any atom is -0.234 e. The maximum Gasteiger partial charge on any atom is 0.416 e. The zero-order chi connectivity index (χ0) is 15.8. The summed E-state index contributed by atoms with van der Waals surface area (Å²) in [5, 5.41) is 12.3. The molecule has 3 nitrogen and oxygen atoms in total. The van der Waals surface area contributed by atoms with Gasteiger partial charge in [0.2, 0.25) is 0 Å². The lowest BCUT2D eigenvalue weighted by Crippen LogP contribution is -2.08. The van der Waals surface area contributed by atoms with Crippen molar-refractivity contribution in [1.82, 2.24) is 9.78 Å². The number of rotatable bonds is 2. The molecule has 0 saturated heterocycles. The second kappa shape index (κ2) is 5.58. The number of benzene rings is 1. The van der Waals surface area contributed by atoms with E-state index in [0.717, 1.165) is 4.68 Å². The third-order valence-corrected chi connectivity index (χ3v) is 3.61. The summed E-state index contributed by atoms with van der Waals surface area (Å²) in [5.41, 5.74) is -1.48. The molecule has 0 atom stereocenters. The van der Waals surface area contributed by atoms with Crippen LogP contribution in [0.25, 0.3) is 5.69 Å². The molecule has 0 aliphatic rings. The third kappa shape index (κ3) is 2.99. The lowest BCUT2D eigenvalue weighted by atomic mass is 10.2. The monoisotopic (exact) mass is 335 g/mol. The molecular formula is C12H6ClF4N3S. The van der Waals surface area contributed by atoms with Crippen LogP contribution >= 0.6 is 23.4 Å². The number of halogens is 5. The van der Waals surface area contributed by atoms with E-state index in [1.807, 2.05) is 6.07 Å². The van der Waals surface area contributed by atoms with E-state index in [-0.39, 0.29) is 11.4 Å². The van der Waals surface area contributed by atoms with Crippen LogP contribution in [0.15, 0.2) is 23.2 Å². The van der Waals surface area contributed by atoms with Gasteiger partial charge in [-0.3, -0.25) is 0 Å². The molecule has 0 bridgehead atoms. The number of thioether (sulfide) groups is 1. The highest BCUT2D eigenvalue weighted by atomic mass is 35.5. The highest BCUT2D eigenvalue weighted by Gasteiger charge is 2.32. The summed E-state index contributed by atoms with van der Waals surface area (Å²) in [6.45, 7) is 0. The van der Waals surface area contributed by atoms with E-state index >= 15 is 0 Å². The van der Waals surface area contributed by atoms with Gasteiger partial charge >= 0.3 is 6.18 Å². The van der Waals surface area contributed by atoms with Crippen molar-refractivity contribution in [2.24, 2.45) is 0 Å². The lowest BCUT2D eigenvalue weighted by Gasteiger charge is -2.11. The molecule has 0 N–H and O–H groups in total. The van der Waals surface area contributed by atoms with Crippen molar-refractivity contribution in [3.05, 3.63) is 40.4 Å². The van der Waals surface area contributed by atoms with Crippen LogP contribution in [0.1, 0.15) is 11.3 Å². The molecule has 2 rings (SSSR count). The standard InChI is InChI=1S/C12H6ClF4N3S/c1-21-10-5-20(19-9(10)4-18)11-7(13)2-6(3-8(11)14)12(15,16)17/h2-3,5H,1H3. The number of nitriles is 1. The molecule has 0 radical (unpaired) electrons. The normalized spacial score (nSPS) is 11.5. The number of hydrogen-bond donors (Lipinski definition) is 0. The van der Waals surface area contributed by atoms with Crippen molar-refractivity contribution < 1.29 is 17.6 Å². The highest BCUT2D eigenvalue weighted by Crippen LogP contribution is 2.35. The molecule has 1 heterocycles. The van der Waals surface area contributed by atoms with E-state index < -0.39 is 22.6 Å². The quantitative estimate of drug-likeness (QED) is 0.607. The van der Waals surface area contributed by atoms with Gasteiger partial charge in [-0.25, -0.2) is 9.07 Å². The topological polar surface area (TPSA) is 41.6 Å². The molecule has 0 unspecified atom stereocenters. The predicted octanol–water partition coefficient (Wildman–Crippen LogP) is 4.28. The number of alkyl halides is 3. The van der Waals surface area contributed by atoms with Gasteiger partial charge in [0.1, 0.15) is 11.8 Å². The largest absolute Gasteiger partial charge is 0.416 e. The second-order valence-corrected chi connectivity index (χ2v) is 5.14. The predicted molar refractivity (Wildman–Crippen MR) is 70.0 cm³/mol. The summed E-state index contributed by atoms with van der Waals surface area (Å²) in [7, 11) is 0. The van der Waals surface area contributed by atoms with Crippen LogP contribution in [0, 0.1) is 17.1 Å². The Labute approximate surface area is 126 Å². The molecule has 0 saturated carbocycles. The molecule has 21 heavy (non-hydrogen) atoms. The molecular weight excluding hydrogens is 330 g/mol. The second-order valence-electron chi connectivity index (χ2n) is 3.89. The number of aromatic nitrogens is 2. The van der Waals surface area contributed by atoms with Gasteiger partial charge in [0.15, 0.2) is 11.5 Å². The molecule has 9 heteroatoms. The molecule has 0 amide bonds. The minimum absolute atomic E-state index is 0.0397. The number of nitrogens with zero attached hydrogens (tertiary/aromatic N) is 3. The van der Waals surface area contributed by atoms with Crippen molar-refractivity contribution in [3.8, 4) is 11.8 Å². The van der Waals surface area contributed by atoms with Crippen LogP contribution in [-0.2, 0) is 6.18 Å².